The van der Waals surface area contributed by atoms with Crippen LogP contribution >= 0.6 is 0 Å². The Labute approximate surface area is 123 Å². The number of nitrogens with zero attached hydrogens (tertiary/aromatic N) is 2. The van der Waals surface area contributed by atoms with Crippen molar-refractivity contribution >= 4 is 17.4 Å². The Morgan fingerprint density at radius 2 is 2.24 bits per heavy atom. The molecule has 0 aliphatic carbocycles. The zero-order valence-corrected chi connectivity index (χ0v) is 11.9. The minimum atomic E-state index is -0.275. The van der Waals surface area contributed by atoms with E-state index in [-0.39, 0.29) is 12.1 Å². The third-order valence-electron chi connectivity index (χ3n) is 3.42. The number of anilines is 2. The van der Waals surface area contributed by atoms with Crippen LogP contribution in [-0.4, -0.2) is 29.0 Å². The molecule has 1 aromatic heterocycles. The number of hydrogen-bond donors (Lipinski definition) is 2. The highest BCUT2D eigenvalue weighted by Gasteiger charge is 2.18. The maximum Gasteiger partial charge on any atom is 0.323 e. The summed E-state index contributed by atoms with van der Waals surface area (Å²) in [6.45, 7) is 3.43. The number of amides is 2. The Morgan fingerprint density at radius 3 is 3.00 bits per heavy atom. The molecule has 1 saturated heterocycles. The van der Waals surface area contributed by atoms with Gasteiger partial charge in [-0.05, 0) is 31.0 Å². The van der Waals surface area contributed by atoms with E-state index in [1.54, 1.807) is 6.20 Å². The van der Waals surface area contributed by atoms with Crippen LogP contribution in [0.1, 0.15) is 18.0 Å². The van der Waals surface area contributed by atoms with Gasteiger partial charge in [0.25, 0.3) is 0 Å². The van der Waals surface area contributed by atoms with E-state index in [2.05, 4.69) is 15.7 Å². The normalized spacial score (nSPS) is 17.7. The topological polar surface area (TPSA) is 68.2 Å². The molecule has 6 heteroatoms. The lowest BCUT2D eigenvalue weighted by molar-refractivity contribution is 0.184. The lowest BCUT2D eigenvalue weighted by Gasteiger charge is -2.08. The standard InChI is InChI=1S/C15H18N4O2/c1-11-3-2-4-12(7-11)17-15(20)18-13-8-16-19(9-13)14-5-6-21-10-14/h2-4,7-9,14H,5-6,10H2,1H3,(H2,17,18,20)/t14-/m0/s1. The molecule has 0 spiro atoms. The Kier molecular flexibility index (Phi) is 3.87. The Balaban J connectivity index is 1.59. The number of ether oxygens (including phenoxy) is 1. The third kappa shape index (κ3) is 3.41. The molecular weight excluding hydrogens is 268 g/mol. The van der Waals surface area contributed by atoms with Gasteiger partial charge in [0.15, 0.2) is 0 Å². The number of carbonyl (C=O) groups excluding carboxylic acids is 1. The molecule has 1 aromatic carbocycles. The summed E-state index contributed by atoms with van der Waals surface area (Å²) >= 11 is 0. The minimum Gasteiger partial charge on any atom is -0.379 e. The SMILES string of the molecule is Cc1cccc(NC(=O)Nc2cnn([C@H]3CCOC3)c2)c1. The van der Waals surface area contributed by atoms with Gasteiger partial charge in [0.2, 0.25) is 0 Å². The van der Waals surface area contributed by atoms with Gasteiger partial charge in [0.1, 0.15) is 0 Å². The second-order valence-electron chi connectivity index (χ2n) is 5.18. The zero-order valence-electron chi connectivity index (χ0n) is 11.9. The van der Waals surface area contributed by atoms with Crippen LogP contribution in [0.5, 0.6) is 0 Å². The molecule has 1 fully saturated rings. The van der Waals surface area contributed by atoms with E-state index < -0.39 is 0 Å². The van der Waals surface area contributed by atoms with Crippen molar-refractivity contribution in [2.45, 2.75) is 19.4 Å². The number of nitrogens with one attached hydrogen (secondary N) is 2. The molecule has 6 nitrogen and oxygen atoms in total. The first-order valence-electron chi connectivity index (χ1n) is 6.97. The average molecular weight is 286 g/mol. The zero-order chi connectivity index (χ0) is 14.7. The van der Waals surface area contributed by atoms with Gasteiger partial charge < -0.3 is 15.4 Å². The molecule has 1 aliphatic rings. The van der Waals surface area contributed by atoms with E-state index >= 15 is 0 Å². The average Bonchev–Trinajstić information content (AvgIpc) is 3.08. The van der Waals surface area contributed by atoms with E-state index in [9.17, 15) is 4.79 Å². The number of benzene rings is 1. The molecule has 2 heterocycles. The number of urea groups is 1. The van der Waals surface area contributed by atoms with Crippen LogP contribution in [0.4, 0.5) is 16.2 Å². The molecular formula is C15H18N4O2. The summed E-state index contributed by atoms with van der Waals surface area (Å²) < 4.78 is 7.17. The summed E-state index contributed by atoms with van der Waals surface area (Å²) in [7, 11) is 0. The molecule has 0 radical (unpaired) electrons. The number of carbonyl (C=O) groups is 1. The van der Waals surface area contributed by atoms with Crippen molar-refractivity contribution in [3.8, 4) is 0 Å². The van der Waals surface area contributed by atoms with E-state index in [0.717, 1.165) is 24.3 Å². The van der Waals surface area contributed by atoms with Crippen LogP contribution in [0.3, 0.4) is 0 Å². The van der Waals surface area contributed by atoms with E-state index in [0.29, 0.717) is 12.3 Å². The van der Waals surface area contributed by atoms with Crippen molar-refractivity contribution in [3.05, 3.63) is 42.2 Å². The van der Waals surface area contributed by atoms with Gasteiger partial charge in [-0.15, -0.1) is 0 Å². The summed E-state index contributed by atoms with van der Waals surface area (Å²) in [6.07, 6.45) is 4.43. The molecule has 2 aromatic rings. The predicted molar refractivity (Wildman–Crippen MR) is 80.5 cm³/mol. The number of rotatable bonds is 3. The van der Waals surface area contributed by atoms with Crippen molar-refractivity contribution in [2.24, 2.45) is 0 Å². The van der Waals surface area contributed by atoms with E-state index in [1.165, 1.54) is 0 Å². The van der Waals surface area contributed by atoms with Gasteiger partial charge in [0, 0.05) is 18.5 Å². The van der Waals surface area contributed by atoms with Gasteiger partial charge >= 0.3 is 6.03 Å². The van der Waals surface area contributed by atoms with Crippen molar-refractivity contribution in [3.63, 3.8) is 0 Å². The number of aromatic nitrogens is 2. The summed E-state index contributed by atoms with van der Waals surface area (Å²) in [5.41, 5.74) is 2.54. The molecule has 3 rings (SSSR count). The molecule has 0 saturated carbocycles. The molecule has 1 atom stereocenters. The summed E-state index contributed by atoms with van der Waals surface area (Å²) in [5.74, 6) is 0. The third-order valence-corrected chi connectivity index (χ3v) is 3.42. The highest BCUT2D eigenvalue weighted by Crippen LogP contribution is 2.19. The number of hydrogen-bond acceptors (Lipinski definition) is 3. The summed E-state index contributed by atoms with van der Waals surface area (Å²) in [4.78, 5) is 11.9. The van der Waals surface area contributed by atoms with Gasteiger partial charge in [-0.3, -0.25) is 4.68 Å². The van der Waals surface area contributed by atoms with Gasteiger partial charge in [0.05, 0.1) is 24.5 Å². The maximum atomic E-state index is 11.9. The highest BCUT2D eigenvalue weighted by molar-refractivity contribution is 5.99. The van der Waals surface area contributed by atoms with Gasteiger partial charge in [-0.25, -0.2) is 4.79 Å². The van der Waals surface area contributed by atoms with Gasteiger partial charge in [-0.2, -0.15) is 5.10 Å². The molecule has 2 amide bonds. The second-order valence-corrected chi connectivity index (χ2v) is 5.18. The second kappa shape index (κ2) is 5.97. The van der Waals surface area contributed by atoms with Gasteiger partial charge in [-0.1, -0.05) is 12.1 Å². The smallest absolute Gasteiger partial charge is 0.323 e. The Hall–Kier alpha value is -2.34. The fourth-order valence-electron chi connectivity index (χ4n) is 2.35. The predicted octanol–water partition coefficient (Wildman–Crippen LogP) is 2.80. The first-order valence-corrected chi connectivity index (χ1v) is 6.97. The Morgan fingerprint density at radius 1 is 1.38 bits per heavy atom. The van der Waals surface area contributed by atoms with Crippen LogP contribution in [0.2, 0.25) is 0 Å². The van der Waals surface area contributed by atoms with E-state index in [4.69, 9.17) is 4.74 Å². The Bertz CT molecular complexity index is 632. The van der Waals surface area contributed by atoms with Crippen LogP contribution in [0.15, 0.2) is 36.7 Å². The minimum absolute atomic E-state index is 0.264. The lowest BCUT2D eigenvalue weighted by atomic mass is 10.2. The summed E-state index contributed by atoms with van der Waals surface area (Å²) in [6, 6.07) is 7.65. The lowest BCUT2D eigenvalue weighted by Crippen LogP contribution is -2.19. The largest absolute Gasteiger partial charge is 0.379 e. The first kappa shape index (κ1) is 13.6. The quantitative estimate of drug-likeness (QED) is 0.911. The monoisotopic (exact) mass is 286 g/mol. The van der Waals surface area contributed by atoms with Crippen LogP contribution in [-0.2, 0) is 4.74 Å². The number of aryl methyl sites for hydroxylation is 1. The van der Waals surface area contributed by atoms with Crippen molar-refractivity contribution in [2.75, 3.05) is 23.8 Å². The molecule has 110 valence electrons. The first-order chi connectivity index (χ1) is 10.2. The molecule has 0 bridgehead atoms. The molecule has 21 heavy (non-hydrogen) atoms. The maximum absolute atomic E-state index is 11.9. The summed E-state index contributed by atoms with van der Waals surface area (Å²) in [5, 5.41) is 9.84. The van der Waals surface area contributed by atoms with Crippen molar-refractivity contribution in [1.29, 1.82) is 0 Å². The fraction of sp³-hybridized carbons (Fsp3) is 0.333. The fourth-order valence-corrected chi connectivity index (χ4v) is 2.35. The van der Waals surface area contributed by atoms with Crippen LogP contribution < -0.4 is 10.6 Å². The van der Waals surface area contributed by atoms with Crippen molar-refractivity contribution < 1.29 is 9.53 Å². The molecule has 0 unspecified atom stereocenters. The van der Waals surface area contributed by atoms with Crippen LogP contribution in [0.25, 0.3) is 0 Å². The highest BCUT2D eigenvalue weighted by atomic mass is 16.5. The van der Waals surface area contributed by atoms with E-state index in [1.807, 2.05) is 42.1 Å². The molecule has 1 aliphatic heterocycles. The molecule has 2 N–H and O–H groups in total. The van der Waals surface area contributed by atoms with Crippen molar-refractivity contribution in [1.82, 2.24) is 9.78 Å². The van der Waals surface area contributed by atoms with Crippen LogP contribution in [0, 0.1) is 6.92 Å².